The maximum atomic E-state index is 12.1. The molecule has 0 aliphatic heterocycles. The lowest BCUT2D eigenvalue weighted by molar-refractivity contribution is -0.116. The first-order chi connectivity index (χ1) is 8.72. The van der Waals surface area contributed by atoms with E-state index in [-0.39, 0.29) is 6.10 Å². The van der Waals surface area contributed by atoms with E-state index in [1.165, 1.54) is 17.6 Å². The van der Waals surface area contributed by atoms with E-state index in [4.69, 9.17) is 0 Å². The van der Waals surface area contributed by atoms with Crippen molar-refractivity contribution in [1.29, 1.82) is 0 Å². The highest BCUT2D eigenvalue weighted by atomic mass is 16.3. The van der Waals surface area contributed by atoms with Gasteiger partial charge < -0.3 is 5.11 Å². The predicted molar refractivity (Wildman–Crippen MR) is 71.1 cm³/mol. The van der Waals surface area contributed by atoms with Crippen LogP contribution in [0, 0.1) is 17.8 Å². The van der Waals surface area contributed by atoms with E-state index in [9.17, 15) is 9.90 Å². The van der Waals surface area contributed by atoms with Crippen LogP contribution in [-0.4, -0.2) is 17.0 Å². The molecule has 0 heterocycles. The van der Waals surface area contributed by atoms with Crippen LogP contribution in [0.2, 0.25) is 0 Å². The lowest BCUT2D eigenvalue weighted by atomic mass is 9.64. The van der Waals surface area contributed by atoms with E-state index < -0.39 is 0 Å². The van der Waals surface area contributed by atoms with Crippen LogP contribution < -0.4 is 0 Å². The number of allylic oxidation sites excluding steroid dienone is 2. The summed E-state index contributed by atoms with van der Waals surface area (Å²) in [6, 6.07) is 0. The molecule has 0 amide bonds. The standard InChI is InChI=1S/C16H24O2/c1-2-3-13-11-4-5-14-12(7-9-16(14)18)10(11)6-8-15(13)17/h10,12,14,16,18H,2-9H2,1H3/t10?,12?,14?,16-/m0/s1. The molecule has 0 saturated heterocycles. The maximum Gasteiger partial charge on any atom is 0.158 e. The Morgan fingerprint density at radius 2 is 1.94 bits per heavy atom. The maximum absolute atomic E-state index is 12.1. The Morgan fingerprint density at radius 3 is 2.72 bits per heavy atom. The number of carbonyl (C=O) groups excluding carboxylic acids is 1. The van der Waals surface area contributed by atoms with Gasteiger partial charge in [-0.3, -0.25) is 4.79 Å². The Bertz CT molecular complexity index is 383. The van der Waals surface area contributed by atoms with Crippen LogP contribution in [0.4, 0.5) is 0 Å². The molecule has 4 atom stereocenters. The summed E-state index contributed by atoms with van der Waals surface area (Å²) in [5, 5.41) is 10.1. The summed E-state index contributed by atoms with van der Waals surface area (Å²) in [6.45, 7) is 2.16. The smallest absolute Gasteiger partial charge is 0.158 e. The van der Waals surface area contributed by atoms with Crippen molar-refractivity contribution in [2.24, 2.45) is 17.8 Å². The Morgan fingerprint density at radius 1 is 1.11 bits per heavy atom. The van der Waals surface area contributed by atoms with Gasteiger partial charge in [0.1, 0.15) is 0 Å². The molecule has 2 heteroatoms. The highest BCUT2D eigenvalue weighted by Crippen LogP contribution is 2.52. The quantitative estimate of drug-likeness (QED) is 0.814. The van der Waals surface area contributed by atoms with Gasteiger partial charge in [0.2, 0.25) is 0 Å². The molecule has 1 N–H and O–H groups in total. The van der Waals surface area contributed by atoms with E-state index in [0.717, 1.165) is 44.9 Å². The molecule has 0 aromatic carbocycles. The van der Waals surface area contributed by atoms with E-state index >= 15 is 0 Å². The van der Waals surface area contributed by atoms with Crippen LogP contribution in [0.5, 0.6) is 0 Å². The van der Waals surface area contributed by atoms with Gasteiger partial charge in [0.15, 0.2) is 5.78 Å². The molecule has 2 fully saturated rings. The van der Waals surface area contributed by atoms with Crippen LogP contribution >= 0.6 is 0 Å². The number of aliphatic hydroxyl groups excluding tert-OH is 1. The topological polar surface area (TPSA) is 37.3 Å². The summed E-state index contributed by atoms with van der Waals surface area (Å²) >= 11 is 0. The Kier molecular flexibility index (Phi) is 3.31. The second kappa shape index (κ2) is 4.80. The summed E-state index contributed by atoms with van der Waals surface area (Å²) in [4.78, 5) is 12.1. The van der Waals surface area contributed by atoms with Gasteiger partial charge >= 0.3 is 0 Å². The van der Waals surface area contributed by atoms with Crippen LogP contribution in [0.15, 0.2) is 11.1 Å². The molecule has 3 unspecified atom stereocenters. The van der Waals surface area contributed by atoms with E-state index in [0.29, 0.717) is 23.5 Å². The third-order valence-corrected chi connectivity index (χ3v) is 5.46. The Labute approximate surface area is 109 Å². The number of fused-ring (bicyclic) bond motifs is 3. The average molecular weight is 248 g/mol. The van der Waals surface area contributed by atoms with E-state index in [1.807, 2.05) is 0 Å². The summed E-state index contributed by atoms with van der Waals surface area (Å²) in [5.74, 6) is 2.23. The molecular weight excluding hydrogens is 224 g/mol. The van der Waals surface area contributed by atoms with Gasteiger partial charge in [0, 0.05) is 6.42 Å². The normalized spacial score (nSPS) is 39.8. The first-order valence-corrected chi connectivity index (χ1v) is 7.65. The zero-order chi connectivity index (χ0) is 12.7. The summed E-state index contributed by atoms with van der Waals surface area (Å²) < 4.78 is 0. The van der Waals surface area contributed by atoms with Crippen molar-refractivity contribution >= 4 is 5.78 Å². The van der Waals surface area contributed by atoms with E-state index in [2.05, 4.69) is 6.92 Å². The second-order valence-corrected chi connectivity index (χ2v) is 6.33. The molecule has 0 bridgehead atoms. The first-order valence-electron chi connectivity index (χ1n) is 7.65. The molecule has 0 aromatic rings. The van der Waals surface area contributed by atoms with Gasteiger partial charge in [0.05, 0.1) is 6.10 Å². The molecule has 0 spiro atoms. The number of aliphatic hydroxyl groups is 1. The number of ketones is 1. The van der Waals surface area contributed by atoms with Crippen LogP contribution in [0.25, 0.3) is 0 Å². The zero-order valence-corrected chi connectivity index (χ0v) is 11.3. The van der Waals surface area contributed by atoms with Crippen LogP contribution in [0.1, 0.15) is 58.3 Å². The first kappa shape index (κ1) is 12.4. The monoisotopic (exact) mass is 248 g/mol. The molecule has 3 rings (SSSR count). The van der Waals surface area contributed by atoms with Crippen molar-refractivity contribution < 1.29 is 9.90 Å². The van der Waals surface area contributed by atoms with Crippen LogP contribution in [0.3, 0.4) is 0 Å². The lowest BCUT2D eigenvalue weighted by Crippen LogP contribution is -2.34. The molecule has 3 aliphatic carbocycles. The van der Waals surface area contributed by atoms with Crippen molar-refractivity contribution in [2.75, 3.05) is 0 Å². The molecule has 18 heavy (non-hydrogen) atoms. The summed E-state index contributed by atoms with van der Waals surface area (Å²) in [7, 11) is 0. The summed E-state index contributed by atoms with van der Waals surface area (Å²) in [5.41, 5.74) is 2.66. The van der Waals surface area contributed by atoms with Gasteiger partial charge in [-0.25, -0.2) is 0 Å². The second-order valence-electron chi connectivity index (χ2n) is 6.33. The number of carbonyl (C=O) groups is 1. The minimum atomic E-state index is -0.0659. The Balaban J connectivity index is 1.91. The van der Waals surface area contributed by atoms with Crippen molar-refractivity contribution in [1.82, 2.24) is 0 Å². The van der Waals surface area contributed by atoms with Crippen molar-refractivity contribution in [3.8, 4) is 0 Å². The van der Waals surface area contributed by atoms with Gasteiger partial charge in [0.25, 0.3) is 0 Å². The minimum Gasteiger partial charge on any atom is -0.393 e. The SMILES string of the molecule is CCCC1=C2CCC3C(CC[C@@H]3O)C2CCC1=O. The highest BCUT2D eigenvalue weighted by molar-refractivity contribution is 5.97. The predicted octanol–water partition coefficient (Wildman–Crippen LogP) is 3.24. The molecule has 2 nitrogen and oxygen atoms in total. The fourth-order valence-electron chi connectivity index (χ4n) is 4.68. The van der Waals surface area contributed by atoms with Crippen molar-refractivity contribution in [2.45, 2.75) is 64.4 Å². The molecule has 0 aromatic heterocycles. The zero-order valence-electron chi connectivity index (χ0n) is 11.3. The number of hydrogen-bond donors (Lipinski definition) is 1. The molecule has 0 radical (unpaired) electrons. The fraction of sp³-hybridized carbons (Fsp3) is 0.812. The number of rotatable bonds is 2. The molecular formula is C16H24O2. The lowest BCUT2D eigenvalue weighted by Gasteiger charge is -2.40. The van der Waals surface area contributed by atoms with Gasteiger partial charge in [-0.05, 0) is 61.9 Å². The third-order valence-electron chi connectivity index (χ3n) is 5.46. The fourth-order valence-corrected chi connectivity index (χ4v) is 4.68. The van der Waals surface area contributed by atoms with E-state index in [1.54, 1.807) is 0 Å². The molecule has 100 valence electrons. The van der Waals surface area contributed by atoms with Crippen molar-refractivity contribution in [3.63, 3.8) is 0 Å². The van der Waals surface area contributed by atoms with Crippen molar-refractivity contribution in [3.05, 3.63) is 11.1 Å². The van der Waals surface area contributed by atoms with Crippen LogP contribution in [-0.2, 0) is 4.79 Å². The molecule has 2 saturated carbocycles. The third kappa shape index (κ3) is 1.85. The average Bonchev–Trinajstić information content (AvgIpc) is 2.75. The highest BCUT2D eigenvalue weighted by Gasteiger charge is 2.45. The van der Waals surface area contributed by atoms with Gasteiger partial charge in [-0.1, -0.05) is 18.9 Å². The molecule has 3 aliphatic rings. The summed E-state index contributed by atoms with van der Waals surface area (Å²) in [6.07, 6.45) is 8.13. The number of Topliss-reactive ketones (excluding diaryl/α,β-unsaturated/α-hetero) is 1. The Hall–Kier alpha value is -0.630. The van der Waals surface area contributed by atoms with Gasteiger partial charge in [-0.2, -0.15) is 0 Å². The minimum absolute atomic E-state index is 0.0659. The largest absolute Gasteiger partial charge is 0.393 e. The van der Waals surface area contributed by atoms with Gasteiger partial charge in [-0.15, -0.1) is 0 Å². The number of hydrogen-bond acceptors (Lipinski definition) is 2.